The number of nitrogens with zero attached hydrogens (tertiary/aromatic N) is 2. The first-order valence-corrected chi connectivity index (χ1v) is 8.71. The van der Waals surface area contributed by atoms with Gasteiger partial charge >= 0.3 is 0 Å². The molecule has 2 amide bonds. The molecule has 1 aromatic heterocycles. The highest BCUT2D eigenvalue weighted by Crippen LogP contribution is 2.28. The zero-order valence-electron chi connectivity index (χ0n) is 13.0. The van der Waals surface area contributed by atoms with Crippen LogP contribution in [-0.4, -0.2) is 30.5 Å². The Morgan fingerprint density at radius 3 is 3.04 bits per heavy atom. The van der Waals surface area contributed by atoms with Crippen LogP contribution < -0.4 is 15.0 Å². The molecule has 8 heteroatoms. The maximum absolute atomic E-state index is 12.2. The number of hydrogen-bond acceptors (Lipinski definition) is 5. The van der Waals surface area contributed by atoms with Gasteiger partial charge < -0.3 is 10.1 Å². The van der Waals surface area contributed by atoms with E-state index in [0.29, 0.717) is 40.3 Å². The third kappa shape index (κ3) is 3.68. The van der Waals surface area contributed by atoms with Crippen molar-refractivity contribution in [3.63, 3.8) is 0 Å². The number of benzene rings is 1. The number of methoxy groups -OCH3 is 1. The molecule has 1 saturated heterocycles. The quantitative estimate of drug-likeness (QED) is 0.883. The Kier molecular flexibility index (Phi) is 5.01. The molecule has 0 bridgehead atoms. The molecule has 0 spiro atoms. The minimum Gasteiger partial charge on any atom is -0.495 e. The highest BCUT2D eigenvalue weighted by molar-refractivity contribution is 7.14. The minimum atomic E-state index is -0.222. The van der Waals surface area contributed by atoms with Crippen molar-refractivity contribution in [2.24, 2.45) is 0 Å². The molecule has 0 aliphatic carbocycles. The number of rotatable bonds is 5. The first-order valence-electron chi connectivity index (χ1n) is 7.45. The van der Waals surface area contributed by atoms with E-state index >= 15 is 0 Å². The summed E-state index contributed by atoms with van der Waals surface area (Å²) in [5.74, 6) is 0.401. The minimum absolute atomic E-state index is 0.0871. The second kappa shape index (κ2) is 7.19. The van der Waals surface area contributed by atoms with Crippen molar-refractivity contribution < 1.29 is 14.3 Å². The molecule has 2 aromatic rings. The van der Waals surface area contributed by atoms with E-state index in [4.69, 9.17) is 16.3 Å². The molecule has 24 heavy (non-hydrogen) atoms. The lowest BCUT2D eigenvalue weighted by Gasteiger charge is -2.11. The number of thiazole rings is 1. The van der Waals surface area contributed by atoms with E-state index < -0.39 is 0 Å². The standard InChI is InChI=1S/C16H16ClN3O3S/c1-23-13-5-4-10(17)7-12(13)19-14(21)8-11-9-24-16(18-11)20-6-2-3-15(20)22/h4-5,7,9H,2-3,6,8H2,1H3,(H,19,21). The van der Waals surface area contributed by atoms with E-state index in [-0.39, 0.29) is 18.2 Å². The van der Waals surface area contributed by atoms with E-state index in [1.165, 1.54) is 18.4 Å². The maximum atomic E-state index is 12.2. The van der Waals surface area contributed by atoms with E-state index in [9.17, 15) is 9.59 Å². The van der Waals surface area contributed by atoms with Crippen molar-refractivity contribution >= 4 is 45.6 Å². The van der Waals surface area contributed by atoms with E-state index in [1.807, 2.05) is 0 Å². The van der Waals surface area contributed by atoms with Gasteiger partial charge in [-0.05, 0) is 24.6 Å². The Labute approximate surface area is 148 Å². The van der Waals surface area contributed by atoms with Gasteiger partial charge in [0.15, 0.2) is 5.13 Å². The van der Waals surface area contributed by atoms with Gasteiger partial charge in [-0.2, -0.15) is 0 Å². The molecule has 6 nitrogen and oxygen atoms in total. The molecule has 1 aromatic carbocycles. The number of halogens is 1. The first-order chi connectivity index (χ1) is 11.6. The maximum Gasteiger partial charge on any atom is 0.230 e. The molecular weight excluding hydrogens is 350 g/mol. The van der Waals surface area contributed by atoms with Crippen LogP contribution in [0.2, 0.25) is 5.02 Å². The molecule has 1 N–H and O–H groups in total. The van der Waals surface area contributed by atoms with E-state index in [2.05, 4.69) is 10.3 Å². The van der Waals surface area contributed by atoms with Crippen LogP contribution in [0.1, 0.15) is 18.5 Å². The molecular formula is C16H16ClN3O3S. The van der Waals surface area contributed by atoms with Gasteiger partial charge in [-0.1, -0.05) is 11.6 Å². The summed E-state index contributed by atoms with van der Waals surface area (Å²) < 4.78 is 5.20. The van der Waals surface area contributed by atoms with E-state index in [0.717, 1.165) is 6.42 Å². The summed E-state index contributed by atoms with van der Waals surface area (Å²) in [5.41, 5.74) is 1.15. The average molecular weight is 366 g/mol. The lowest BCUT2D eigenvalue weighted by molar-refractivity contribution is -0.117. The number of nitrogens with one attached hydrogen (secondary N) is 1. The Bertz CT molecular complexity index is 778. The second-order valence-corrected chi connectivity index (χ2v) is 6.61. The van der Waals surface area contributed by atoms with Gasteiger partial charge in [-0.3, -0.25) is 14.5 Å². The van der Waals surface area contributed by atoms with Crippen LogP contribution in [0.15, 0.2) is 23.6 Å². The lowest BCUT2D eigenvalue weighted by Crippen LogP contribution is -2.23. The van der Waals surface area contributed by atoms with Crippen LogP contribution in [0.25, 0.3) is 0 Å². The fraction of sp³-hybridized carbons (Fsp3) is 0.312. The normalized spacial score (nSPS) is 14.1. The fourth-order valence-electron chi connectivity index (χ4n) is 2.49. The highest BCUT2D eigenvalue weighted by Gasteiger charge is 2.24. The number of carbonyl (C=O) groups excluding carboxylic acids is 2. The number of ether oxygens (including phenoxy) is 1. The number of anilines is 2. The van der Waals surface area contributed by atoms with Gasteiger partial charge in [0.05, 0.1) is 24.9 Å². The summed E-state index contributed by atoms with van der Waals surface area (Å²) in [4.78, 5) is 30.0. The molecule has 126 valence electrons. The monoisotopic (exact) mass is 365 g/mol. The van der Waals surface area contributed by atoms with Crippen molar-refractivity contribution in [2.75, 3.05) is 23.9 Å². The van der Waals surface area contributed by atoms with Gasteiger partial charge in [0, 0.05) is 23.4 Å². The van der Waals surface area contributed by atoms with Crippen LogP contribution in [0.4, 0.5) is 10.8 Å². The summed E-state index contributed by atoms with van der Waals surface area (Å²) in [6.45, 7) is 0.692. The zero-order chi connectivity index (χ0) is 17.1. The molecule has 0 radical (unpaired) electrons. The Morgan fingerprint density at radius 1 is 1.50 bits per heavy atom. The summed E-state index contributed by atoms with van der Waals surface area (Å²) in [5, 5.41) is 5.74. The van der Waals surface area contributed by atoms with Crippen molar-refractivity contribution in [1.82, 2.24) is 4.98 Å². The van der Waals surface area contributed by atoms with Gasteiger partial charge in [-0.25, -0.2) is 4.98 Å². The average Bonchev–Trinajstić information content (AvgIpc) is 3.16. The fourth-order valence-corrected chi connectivity index (χ4v) is 3.53. The molecule has 0 saturated carbocycles. The predicted octanol–water partition coefficient (Wildman–Crippen LogP) is 3.11. The summed E-state index contributed by atoms with van der Waals surface area (Å²) >= 11 is 7.33. The number of amides is 2. The molecule has 1 aliphatic heterocycles. The molecule has 2 heterocycles. The van der Waals surface area contributed by atoms with Crippen molar-refractivity contribution in [2.45, 2.75) is 19.3 Å². The van der Waals surface area contributed by atoms with Gasteiger partial charge in [0.25, 0.3) is 0 Å². The Balaban J connectivity index is 1.66. The van der Waals surface area contributed by atoms with Crippen molar-refractivity contribution in [1.29, 1.82) is 0 Å². The SMILES string of the molecule is COc1ccc(Cl)cc1NC(=O)Cc1csc(N2CCCC2=O)n1. The lowest BCUT2D eigenvalue weighted by atomic mass is 10.2. The van der Waals surface area contributed by atoms with Gasteiger partial charge in [0.1, 0.15) is 5.75 Å². The first kappa shape index (κ1) is 16.7. The summed E-state index contributed by atoms with van der Waals surface area (Å²) in [6, 6.07) is 5.02. The third-order valence-corrected chi connectivity index (χ3v) is 4.77. The Morgan fingerprint density at radius 2 is 2.33 bits per heavy atom. The van der Waals surface area contributed by atoms with Crippen LogP contribution in [0.5, 0.6) is 5.75 Å². The van der Waals surface area contributed by atoms with Crippen LogP contribution in [-0.2, 0) is 16.0 Å². The smallest absolute Gasteiger partial charge is 0.230 e. The Hall–Kier alpha value is -2.12. The largest absolute Gasteiger partial charge is 0.495 e. The van der Waals surface area contributed by atoms with Gasteiger partial charge in [0.2, 0.25) is 11.8 Å². The van der Waals surface area contributed by atoms with Crippen LogP contribution in [0, 0.1) is 0 Å². The van der Waals surface area contributed by atoms with Crippen LogP contribution in [0.3, 0.4) is 0 Å². The predicted molar refractivity (Wildman–Crippen MR) is 94.0 cm³/mol. The molecule has 0 atom stereocenters. The summed E-state index contributed by atoms with van der Waals surface area (Å²) in [6.07, 6.45) is 1.53. The van der Waals surface area contributed by atoms with Crippen molar-refractivity contribution in [3.05, 3.63) is 34.3 Å². The molecule has 3 rings (SSSR count). The van der Waals surface area contributed by atoms with Crippen LogP contribution >= 0.6 is 22.9 Å². The topological polar surface area (TPSA) is 71.5 Å². The van der Waals surface area contributed by atoms with Gasteiger partial charge in [-0.15, -0.1) is 11.3 Å². The summed E-state index contributed by atoms with van der Waals surface area (Å²) in [7, 11) is 1.53. The third-order valence-electron chi connectivity index (χ3n) is 3.62. The molecule has 1 aliphatic rings. The van der Waals surface area contributed by atoms with E-state index in [1.54, 1.807) is 28.5 Å². The zero-order valence-corrected chi connectivity index (χ0v) is 14.6. The number of aromatic nitrogens is 1. The number of hydrogen-bond donors (Lipinski definition) is 1. The number of carbonyl (C=O) groups is 2. The highest BCUT2D eigenvalue weighted by atomic mass is 35.5. The molecule has 1 fully saturated rings. The second-order valence-electron chi connectivity index (χ2n) is 5.34. The van der Waals surface area contributed by atoms with Crippen molar-refractivity contribution in [3.8, 4) is 5.75 Å². The molecule has 0 unspecified atom stereocenters.